The van der Waals surface area contributed by atoms with Crippen molar-refractivity contribution in [1.29, 1.82) is 0 Å². The summed E-state index contributed by atoms with van der Waals surface area (Å²) in [4.78, 5) is 11.5. The molecule has 1 aromatic carbocycles. The smallest absolute Gasteiger partial charge is 0.407 e. The fraction of sp³-hybridized carbons (Fsp3) is 0.462. The molecule has 1 atom stereocenters. The molecule has 1 aromatic rings. The van der Waals surface area contributed by atoms with Crippen LogP contribution in [-0.2, 0) is 11.3 Å². The van der Waals surface area contributed by atoms with Crippen molar-refractivity contribution in [1.82, 2.24) is 5.32 Å². The normalized spacial score (nSPS) is 11.9. The maximum atomic E-state index is 11.5. The van der Waals surface area contributed by atoms with E-state index in [0.29, 0.717) is 6.54 Å². The number of benzene rings is 1. The number of hydrogen-bond acceptors (Lipinski definition) is 3. The SMILES string of the molecule is CCCC(CN)NC(=O)OCc1ccccc1. The highest BCUT2D eigenvalue weighted by molar-refractivity contribution is 5.67. The molecule has 94 valence electrons. The number of carbonyl (C=O) groups excluding carboxylic acids is 1. The summed E-state index contributed by atoms with van der Waals surface area (Å²) in [7, 11) is 0. The van der Waals surface area contributed by atoms with Crippen molar-refractivity contribution in [2.45, 2.75) is 32.4 Å². The molecule has 4 nitrogen and oxygen atoms in total. The molecular weight excluding hydrogens is 216 g/mol. The van der Waals surface area contributed by atoms with Gasteiger partial charge in [-0.25, -0.2) is 4.79 Å². The number of nitrogens with two attached hydrogens (primary N) is 1. The predicted octanol–water partition coefficient (Wildman–Crippen LogP) is 2.04. The van der Waals surface area contributed by atoms with Crippen LogP contribution >= 0.6 is 0 Å². The fourth-order valence-electron chi connectivity index (χ4n) is 1.53. The molecule has 0 saturated heterocycles. The van der Waals surface area contributed by atoms with Gasteiger partial charge in [-0.2, -0.15) is 0 Å². The lowest BCUT2D eigenvalue weighted by Gasteiger charge is -2.15. The van der Waals surface area contributed by atoms with E-state index in [9.17, 15) is 4.79 Å². The molecule has 0 fully saturated rings. The van der Waals surface area contributed by atoms with Crippen LogP contribution in [0.25, 0.3) is 0 Å². The monoisotopic (exact) mass is 236 g/mol. The maximum absolute atomic E-state index is 11.5. The first-order valence-corrected chi connectivity index (χ1v) is 5.93. The number of ether oxygens (including phenoxy) is 1. The summed E-state index contributed by atoms with van der Waals surface area (Å²) in [5.74, 6) is 0. The lowest BCUT2D eigenvalue weighted by atomic mass is 10.2. The molecule has 1 rings (SSSR count). The second-order valence-electron chi connectivity index (χ2n) is 3.93. The molecule has 4 heteroatoms. The van der Waals surface area contributed by atoms with Gasteiger partial charge in [0.2, 0.25) is 0 Å². The third kappa shape index (κ3) is 5.36. The summed E-state index contributed by atoms with van der Waals surface area (Å²) in [5.41, 5.74) is 6.52. The average Bonchev–Trinajstić information content (AvgIpc) is 2.37. The molecule has 3 N–H and O–H groups in total. The van der Waals surface area contributed by atoms with Gasteiger partial charge >= 0.3 is 6.09 Å². The Morgan fingerprint density at radius 1 is 1.41 bits per heavy atom. The van der Waals surface area contributed by atoms with Gasteiger partial charge in [-0.1, -0.05) is 43.7 Å². The molecule has 0 heterocycles. The molecule has 0 aliphatic carbocycles. The summed E-state index contributed by atoms with van der Waals surface area (Å²) in [6, 6.07) is 9.59. The van der Waals surface area contributed by atoms with Gasteiger partial charge < -0.3 is 15.8 Å². The number of alkyl carbamates (subject to hydrolysis) is 1. The number of amides is 1. The Balaban J connectivity index is 2.30. The van der Waals surface area contributed by atoms with Crippen LogP contribution in [0.5, 0.6) is 0 Å². The molecule has 0 aliphatic rings. The highest BCUT2D eigenvalue weighted by atomic mass is 16.5. The number of nitrogens with one attached hydrogen (secondary N) is 1. The van der Waals surface area contributed by atoms with Crippen molar-refractivity contribution in [2.24, 2.45) is 5.73 Å². The zero-order valence-electron chi connectivity index (χ0n) is 10.2. The third-order valence-electron chi connectivity index (χ3n) is 2.46. The molecule has 0 bridgehead atoms. The maximum Gasteiger partial charge on any atom is 0.407 e. The minimum Gasteiger partial charge on any atom is -0.445 e. The second kappa shape index (κ2) is 7.68. The molecule has 0 spiro atoms. The topological polar surface area (TPSA) is 64.3 Å². The average molecular weight is 236 g/mol. The van der Waals surface area contributed by atoms with Crippen LogP contribution in [0, 0.1) is 0 Å². The standard InChI is InChI=1S/C13H20N2O2/c1-2-6-12(9-14)15-13(16)17-10-11-7-4-3-5-8-11/h3-5,7-8,12H,2,6,9-10,14H2,1H3,(H,15,16). The van der Waals surface area contributed by atoms with E-state index in [2.05, 4.69) is 12.2 Å². The molecule has 0 saturated carbocycles. The minimum atomic E-state index is -0.405. The van der Waals surface area contributed by atoms with Gasteiger partial charge in [0.15, 0.2) is 0 Å². The zero-order chi connectivity index (χ0) is 12.5. The van der Waals surface area contributed by atoms with E-state index in [1.807, 2.05) is 30.3 Å². The van der Waals surface area contributed by atoms with Gasteiger partial charge in [0, 0.05) is 12.6 Å². The lowest BCUT2D eigenvalue weighted by molar-refractivity contribution is 0.135. The Labute approximate surface area is 102 Å². The Morgan fingerprint density at radius 2 is 2.12 bits per heavy atom. The highest BCUT2D eigenvalue weighted by Gasteiger charge is 2.10. The van der Waals surface area contributed by atoms with Crippen molar-refractivity contribution in [3.8, 4) is 0 Å². The Morgan fingerprint density at radius 3 is 2.71 bits per heavy atom. The van der Waals surface area contributed by atoms with E-state index in [0.717, 1.165) is 18.4 Å². The van der Waals surface area contributed by atoms with Gasteiger partial charge in [-0.15, -0.1) is 0 Å². The summed E-state index contributed by atoms with van der Waals surface area (Å²) >= 11 is 0. The van der Waals surface area contributed by atoms with E-state index >= 15 is 0 Å². The van der Waals surface area contributed by atoms with Crippen molar-refractivity contribution >= 4 is 6.09 Å². The number of hydrogen-bond donors (Lipinski definition) is 2. The summed E-state index contributed by atoms with van der Waals surface area (Å²) in [6.45, 7) is 2.78. The third-order valence-corrected chi connectivity index (χ3v) is 2.46. The fourth-order valence-corrected chi connectivity index (χ4v) is 1.53. The summed E-state index contributed by atoms with van der Waals surface area (Å²) < 4.78 is 5.10. The summed E-state index contributed by atoms with van der Waals surface area (Å²) in [5, 5.41) is 2.75. The largest absolute Gasteiger partial charge is 0.445 e. The Hall–Kier alpha value is -1.55. The van der Waals surface area contributed by atoms with E-state index in [1.165, 1.54) is 0 Å². The molecule has 17 heavy (non-hydrogen) atoms. The molecule has 0 aromatic heterocycles. The summed E-state index contributed by atoms with van der Waals surface area (Å²) in [6.07, 6.45) is 1.45. The number of rotatable bonds is 6. The van der Waals surface area contributed by atoms with Crippen LogP contribution in [0.15, 0.2) is 30.3 Å². The first kappa shape index (κ1) is 13.5. The first-order chi connectivity index (χ1) is 8.26. The van der Waals surface area contributed by atoms with Crippen LogP contribution in [0.1, 0.15) is 25.3 Å². The Bertz CT molecular complexity index is 327. The van der Waals surface area contributed by atoms with Gasteiger partial charge in [0.05, 0.1) is 0 Å². The van der Waals surface area contributed by atoms with Gasteiger partial charge in [0.25, 0.3) is 0 Å². The van der Waals surface area contributed by atoms with Crippen molar-refractivity contribution < 1.29 is 9.53 Å². The number of carbonyl (C=O) groups is 1. The van der Waals surface area contributed by atoms with Crippen LogP contribution in [0.3, 0.4) is 0 Å². The Kier molecular flexibility index (Phi) is 6.10. The van der Waals surface area contributed by atoms with Gasteiger partial charge in [-0.3, -0.25) is 0 Å². The van der Waals surface area contributed by atoms with E-state index < -0.39 is 6.09 Å². The highest BCUT2D eigenvalue weighted by Crippen LogP contribution is 2.01. The van der Waals surface area contributed by atoms with Crippen LogP contribution in [-0.4, -0.2) is 18.7 Å². The molecule has 1 unspecified atom stereocenters. The zero-order valence-corrected chi connectivity index (χ0v) is 10.2. The van der Waals surface area contributed by atoms with Gasteiger partial charge in [-0.05, 0) is 12.0 Å². The predicted molar refractivity (Wildman–Crippen MR) is 67.5 cm³/mol. The van der Waals surface area contributed by atoms with Crippen molar-refractivity contribution in [2.75, 3.05) is 6.54 Å². The van der Waals surface area contributed by atoms with E-state index in [-0.39, 0.29) is 12.6 Å². The molecular formula is C13H20N2O2. The minimum absolute atomic E-state index is 0.00303. The van der Waals surface area contributed by atoms with E-state index in [4.69, 9.17) is 10.5 Å². The van der Waals surface area contributed by atoms with Crippen LogP contribution in [0.4, 0.5) is 4.79 Å². The van der Waals surface area contributed by atoms with Gasteiger partial charge in [0.1, 0.15) is 6.61 Å². The quantitative estimate of drug-likeness (QED) is 0.794. The van der Waals surface area contributed by atoms with Crippen LogP contribution in [0.2, 0.25) is 0 Å². The second-order valence-corrected chi connectivity index (χ2v) is 3.93. The first-order valence-electron chi connectivity index (χ1n) is 5.93. The van der Waals surface area contributed by atoms with Crippen LogP contribution < -0.4 is 11.1 Å². The lowest BCUT2D eigenvalue weighted by Crippen LogP contribution is -2.40. The van der Waals surface area contributed by atoms with E-state index in [1.54, 1.807) is 0 Å². The molecule has 1 amide bonds. The molecule has 0 radical (unpaired) electrons. The molecule has 0 aliphatic heterocycles. The van der Waals surface area contributed by atoms with Crippen molar-refractivity contribution in [3.63, 3.8) is 0 Å². The van der Waals surface area contributed by atoms with Crippen molar-refractivity contribution in [3.05, 3.63) is 35.9 Å².